The monoisotopic (exact) mass is 366 g/mol. The van der Waals surface area contributed by atoms with Gasteiger partial charge in [-0.15, -0.1) is 0 Å². The van der Waals surface area contributed by atoms with Crippen LogP contribution in [0.4, 0.5) is 0 Å². The van der Waals surface area contributed by atoms with Crippen LogP contribution in [0.1, 0.15) is 33.2 Å². The summed E-state index contributed by atoms with van der Waals surface area (Å²) in [5, 5.41) is 0.472. The fourth-order valence-corrected chi connectivity index (χ4v) is 3.60. The van der Waals surface area contributed by atoms with Crippen molar-refractivity contribution in [2.45, 2.75) is 18.9 Å². The summed E-state index contributed by atoms with van der Waals surface area (Å²) in [4.78, 5) is 25.6. The first-order chi connectivity index (χ1) is 12.6. The zero-order chi connectivity index (χ0) is 18.3. The Bertz CT molecular complexity index is 1040. The van der Waals surface area contributed by atoms with Gasteiger partial charge in [0, 0.05) is 16.7 Å². The molecule has 0 fully saturated rings. The van der Waals surface area contributed by atoms with E-state index in [-0.39, 0.29) is 5.78 Å². The molecule has 3 aromatic rings. The Morgan fingerprint density at radius 2 is 1.73 bits per heavy atom. The van der Waals surface area contributed by atoms with Crippen molar-refractivity contribution in [3.05, 3.63) is 98.6 Å². The highest BCUT2D eigenvalue weighted by Crippen LogP contribution is 2.43. The van der Waals surface area contributed by atoms with E-state index in [9.17, 15) is 9.59 Å². The summed E-state index contributed by atoms with van der Waals surface area (Å²) in [5.41, 5.74) is 1.01. The van der Waals surface area contributed by atoms with Gasteiger partial charge in [-0.2, -0.15) is 0 Å². The maximum atomic E-state index is 13.1. The second-order valence-electron chi connectivity index (χ2n) is 6.19. The normalized spacial score (nSPS) is 18.2. The number of Topliss-reactive ketones (excluding diaryl/α,β-unsaturated/α-hetero) is 1. The smallest absolute Gasteiger partial charge is 0.343 e. The lowest BCUT2D eigenvalue weighted by Gasteiger charge is -2.19. The van der Waals surface area contributed by atoms with Gasteiger partial charge in [0.1, 0.15) is 11.5 Å². The molecule has 2 heterocycles. The maximum Gasteiger partial charge on any atom is 0.343 e. The number of ether oxygens (including phenoxy) is 1. The number of benzene rings is 2. The van der Waals surface area contributed by atoms with Gasteiger partial charge in [-0.05, 0) is 18.6 Å². The molecule has 26 heavy (non-hydrogen) atoms. The Labute approximate surface area is 155 Å². The molecular formula is C21H15ClO4. The van der Waals surface area contributed by atoms with Gasteiger partial charge in [0.15, 0.2) is 6.10 Å². The minimum atomic E-state index is -0.878. The number of fused-ring (bicyclic) bond motifs is 1. The quantitative estimate of drug-likeness (QED) is 0.645. The summed E-state index contributed by atoms with van der Waals surface area (Å²) < 4.78 is 11.2. The minimum absolute atomic E-state index is 0.205. The van der Waals surface area contributed by atoms with Crippen LogP contribution >= 0.6 is 11.6 Å². The van der Waals surface area contributed by atoms with Gasteiger partial charge in [-0.25, -0.2) is 4.79 Å². The van der Waals surface area contributed by atoms with Crippen molar-refractivity contribution < 1.29 is 13.9 Å². The molecule has 1 aromatic heterocycles. The van der Waals surface area contributed by atoms with Crippen molar-refractivity contribution in [3.63, 3.8) is 0 Å². The van der Waals surface area contributed by atoms with Gasteiger partial charge < -0.3 is 9.15 Å². The van der Waals surface area contributed by atoms with Gasteiger partial charge in [0.25, 0.3) is 0 Å². The fraction of sp³-hybridized carbons (Fsp3) is 0.143. The SMILES string of the molecule is Cc1cc2c(c(=O)o1)C(c1ccccc1Cl)C(C(=O)c1ccccc1)O2. The number of carbonyl (C=O) groups is 1. The molecule has 0 aliphatic carbocycles. The van der Waals surface area contributed by atoms with E-state index in [0.717, 1.165) is 0 Å². The number of carbonyl (C=O) groups excluding carboxylic acids is 1. The predicted molar refractivity (Wildman–Crippen MR) is 98.2 cm³/mol. The predicted octanol–water partition coefficient (Wildman–Crippen LogP) is 4.38. The standard InChI is InChI=1S/C21H15ClO4/c1-12-11-16-18(21(24)25-12)17(14-9-5-6-10-15(14)22)20(26-16)19(23)13-7-3-2-4-8-13/h2-11,17,20H,1H3. The number of hydrogen-bond acceptors (Lipinski definition) is 4. The molecule has 5 heteroatoms. The third-order valence-electron chi connectivity index (χ3n) is 4.50. The van der Waals surface area contributed by atoms with E-state index in [1.807, 2.05) is 12.1 Å². The Balaban J connectivity index is 1.89. The molecule has 0 saturated carbocycles. The van der Waals surface area contributed by atoms with E-state index < -0.39 is 17.6 Å². The number of aryl methyl sites for hydroxylation is 1. The van der Waals surface area contributed by atoms with Crippen molar-refractivity contribution in [2.75, 3.05) is 0 Å². The summed E-state index contributed by atoms with van der Waals surface area (Å²) >= 11 is 6.37. The molecule has 2 atom stereocenters. The maximum absolute atomic E-state index is 13.1. The zero-order valence-electron chi connectivity index (χ0n) is 13.9. The number of ketones is 1. The fourth-order valence-electron chi connectivity index (χ4n) is 3.35. The number of halogens is 1. The second-order valence-corrected chi connectivity index (χ2v) is 6.60. The van der Waals surface area contributed by atoms with Crippen LogP contribution in [-0.4, -0.2) is 11.9 Å². The lowest BCUT2D eigenvalue weighted by Crippen LogP contribution is -2.31. The highest BCUT2D eigenvalue weighted by atomic mass is 35.5. The van der Waals surface area contributed by atoms with Gasteiger partial charge in [0.05, 0.1) is 11.5 Å². The summed E-state index contributed by atoms with van der Waals surface area (Å²) in [6, 6.07) is 17.7. The molecule has 0 bridgehead atoms. The summed E-state index contributed by atoms with van der Waals surface area (Å²) in [6.45, 7) is 1.67. The van der Waals surface area contributed by atoms with E-state index in [1.54, 1.807) is 55.5 Å². The van der Waals surface area contributed by atoms with E-state index in [0.29, 0.717) is 33.2 Å². The molecule has 0 saturated heterocycles. The molecule has 4 rings (SSSR count). The first kappa shape index (κ1) is 16.6. The van der Waals surface area contributed by atoms with E-state index >= 15 is 0 Å². The highest BCUT2D eigenvalue weighted by molar-refractivity contribution is 6.31. The van der Waals surface area contributed by atoms with Crippen LogP contribution in [0.15, 0.2) is 69.9 Å². The lowest BCUT2D eigenvalue weighted by atomic mass is 9.85. The van der Waals surface area contributed by atoms with E-state index in [1.165, 1.54) is 0 Å². The summed E-state index contributed by atoms with van der Waals surface area (Å²) in [7, 11) is 0. The summed E-state index contributed by atoms with van der Waals surface area (Å²) in [5.74, 6) is -0.0237. The Morgan fingerprint density at radius 3 is 2.46 bits per heavy atom. The van der Waals surface area contributed by atoms with Crippen LogP contribution in [0.25, 0.3) is 0 Å². The van der Waals surface area contributed by atoms with Crippen LogP contribution in [0.2, 0.25) is 5.02 Å². The van der Waals surface area contributed by atoms with Crippen molar-refractivity contribution in [2.24, 2.45) is 0 Å². The first-order valence-corrected chi connectivity index (χ1v) is 8.59. The molecule has 2 aromatic carbocycles. The van der Waals surface area contributed by atoms with Crippen molar-refractivity contribution in [3.8, 4) is 5.75 Å². The van der Waals surface area contributed by atoms with Crippen LogP contribution in [0, 0.1) is 6.92 Å². The third-order valence-corrected chi connectivity index (χ3v) is 4.84. The van der Waals surface area contributed by atoms with E-state index in [2.05, 4.69) is 0 Å². The molecule has 1 aliphatic rings. The zero-order valence-corrected chi connectivity index (χ0v) is 14.7. The summed E-state index contributed by atoms with van der Waals surface area (Å²) in [6.07, 6.45) is -0.878. The Hall–Kier alpha value is -2.85. The van der Waals surface area contributed by atoms with Crippen LogP contribution in [0.5, 0.6) is 5.75 Å². The molecule has 4 nitrogen and oxygen atoms in total. The average molecular weight is 367 g/mol. The highest BCUT2D eigenvalue weighted by Gasteiger charge is 2.44. The average Bonchev–Trinajstić information content (AvgIpc) is 3.01. The van der Waals surface area contributed by atoms with Gasteiger partial charge >= 0.3 is 5.63 Å². The van der Waals surface area contributed by atoms with Gasteiger partial charge in [0.2, 0.25) is 5.78 Å². The van der Waals surface area contributed by atoms with Crippen LogP contribution in [-0.2, 0) is 0 Å². The first-order valence-electron chi connectivity index (χ1n) is 8.21. The number of rotatable bonds is 3. The number of hydrogen-bond donors (Lipinski definition) is 0. The molecule has 1 aliphatic heterocycles. The van der Waals surface area contributed by atoms with Crippen molar-refractivity contribution >= 4 is 17.4 Å². The van der Waals surface area contributed by atoms with Crippen LogP contribution < -0.4 is 10.4 Å². The molecule has 0 amide bonds. The second kappa shape index (κ2) is 6.46. The minimum Gasteiger partial charge on any atom is -0.481 e. The topological polar surface area (TPSA) is 56.5 Å². The van der Waals surface area contributed by atoms with Crippen molar-refractivity contribution in [1.29, 1.82) is 0 Å². The van der Waals surface area contributed by atoms with Crippen LogP contribution in [0.3, 0.4) is 0 Å². The van der Waals surface area contributed by atoms with Gasteiger partial charge in [-0.3, -0.25) is 4.79 Å². The Morgan fingerprint density at radius 1 is 1.04 bits per heavy atom. The largest absolute Gasteiger partial charge is 0.481 e. The molecule has 0 spiro atoms. The van der Waals surface area contributed by atoms with E-state index in [4.69, 9.17) is 20.8 Å². The molecule has 2 unspecified atom stereocenters. The van der Waals surface area contributed by atoms with Gasteiger partial charge in [-0.1, -0.05) is 60.1 Å². The van der Waals surface area contributed by atoms with Crippen molar-refractivity contribution in [1.82, 2.24) is 0 Å². The third kappa shape index (κ3) is 2.72. The molecule has 0 N–H and O–H groups in total. The Kier molecular flexibility index (Phi) is 4.13. The molecule has 0 radical (unpaired) electrons. The lowest BCUT2D eigenvalue weighted by molar-refractivity contribution is 0.0806. The molecular weight excluding hydrogens is 352 g/mol. The molecule has 130 valence electrons.